The Morgan fingerprint density at radius 1 is 1.54 bits per heavy atom. The molecule has 13 heavy (non-hydrogen) atoms. The molecule has 0 heterocycles. The SMILES string of the molecule is CC(=O)c1cc(Br)cc(C=O)c1Cl. The first-order valence-corrected chi connectivity index (χ1v) is 4.68. The Morgan fingerprint density at radius 3 is 2.62 bits per heavy atom. The summed E-state index contributed by atoms with van der Waals surface area (Å²) in [6.45, 7) is 1.40. The van der Waals surface area contributed by atoms with E-state index in [-0.39, 0.29) is 10.8 Å². The molecule has 0 aromatic heterocycles. The van der Waals surface area contributed by atoms with Gasteiger partial charge in [-0.2, -0.15) is 0 Å². The summed E-state index contributed by atoms with van der Waals surface area (Å²) in [5, 5.41) is 0.214. The van der Waals surface area contributed by atoms with Crippen LogP contribution < -0.4 is 0 Å². The number of aldehydes is 1. The highest BCUT2D eigenvalue weighted by atomic mass is 79.9. The Bertz CT molecular complexity index is 374. The zero-order valence-electron chi connectivity index (χ0n) is 6.80. The van der Waals surface area contributed by atoms with Crippen molar-refractivity contribution in [3.63, 3.8) is 0 Å². The van der Waals surface area contributed by atoms with E-state index in [4.69, 9.17) is 11.6 Å². The quantitative estimate of drug-likeness (QED) is 0.605. The van der Waals surface area contributed by atoms with Crippen LogP contribution in [0.4, 0.5) is 0 Å². The molecule has 0 atom stereocenters. The van der Waals surface area contributed by atoms with E-state index in [2.05, 4.69) is 15.9 Å². The highest BCUT2D eigenvalue weighted by Gasteiger charge is 2.10. The molecule has 1 aromatic rings. The van der Waals surface area contributed by atoms with Gasteiger partial charge in [0, 0.05) is 15.6 Å². The lowest BCUT2D eigenvalue weighted by Gasteiger charge is -2.03. The third-order valence-electron chi connectivity index (χ3n) is 1.57. The number of Topliss-reactive ketones (excluding diaryl/α,β-unsaturated/α-hetero) is 1. The van der Waals surface area contributed by atoms with Crippen LogP contribution in [0.25, 0.3) is 0 Å². The normalized spacial score (nSPS) is 9.77. The second-order valence-electron chi connectivity index (χ2n) is 2.53. The van der Waals surface area contributed by atoms with Crippen LogP contribution in [-0.4, -0.2) is 12.1 Å². The van der Waals surface area contributed by atoms with Crippen molar-refractivity contribution in [1.82, 2.24) is 0 Å². The number of benzene rings is 1. The minimum absolute atomic E-state index is 0.158. The number of rotatable bonds is 2. The van der Waals surface area contributed by atoms with Gasteiger partial charge in [-0.1, -0.05) is 27.5 Å². The molecule has 2 nitrogen and oxygen atoms in total. The number of carbonyl (C=O) groups is 2. The lowest BCUT2D eigenvalue weighted by Crippen LogP contribution is -1.96. The van der Waals surface area contributed by atoms with Gasteiger partial charge in [-0.05, 0) is 19.1 Å². The van der Waals surface area contributed by atoms with E-state index >= 15 is 0 Å². The van der Waals surface area contributed by atoms with E-state index in [1.807, 2.05) is 0 Å². The largest absolute Gasteiger partial charge is 0.298 e. The highest BCUT2D eigenvalue weighted by Crippen LogP contribution is 2.25. The van der Waals surface area contributed by atoms with Gasteiger partial charge in [0.2, 0.25) is 0 Å². The van der Waals surface area contributed by atoms with Crippen molar-refractivity contribution in [2.75, 3.05) is 0 Å². The third-order valence-corrected chi connectivity index (χ3v) is 2.45. The Kier molecular flexibility index (Phi) is 3.22. The molecule has 0 saturated carbocycles. The number of hydrogen-bond donors (Lipinski definition) is 0. The van der Waals surface area contributed by atoms with Crippen LogP contribution in [0.15, 0.2) is 16.6 Å². The molecule has 0 unspecified atom stereocenters. The molecule has 68 valence electrons. The summed E-state index contributed by atoms with van der Waals surface area (Å²) in [5.41, 5.74) is 0.680. The predicted molar refractivity (Wildman–Crippen MR) is 54.5 cm³/mol. The number of halogens is 2. The van der Waals surface area contributed by atoms with Crippen molar-refractivity contribution in [1.29, 1.82) is 0 Å². The lowest BCUT2D eigenvalue weighted by atomic mass is 10.1. The Morgan fingerprint density at radius 2 is 2.15 bits per heavy atom. The molecule has 1 aromatic carbocycles. The molecule has 1 rings (SSSR count). The second-order valence-corrected chi connectivity index (χ2v) is 3.82. The maximum Gasteiger partial charge on any atom is 0.161 e. The maximum atomic E-state index is 11.1. The number of carbonyl (C=O) groups excluding carboxylic acids is 2. The fraction of sp³-hybridized carbons (Fsp3) is 0.111. The number of hydrogen-bond acceptors (Lipinski definition) is 2. The average Bonchev–Trinajstić information content (AvgIpc) is 2.08. The van der Waals surface area contributed by atoms with Gasteiger partial charge in [0.15, 0.2) is 12.1 Å². The Labute approximate surface area is 89.0 Å². The summed E-state index contributed by atoms with van der Waals surface area (Å²) >= 11 is 8.99. The van der Waals surface area contributed by atoms with Gasteiger partial charge in [0.25, 0.3) is 0 Å². The summed E-state index contributed by atoms with van der Waals surface area (Å²) in [5.74, 6) is -0.158. The molecular weight excluding hydrogens is 255 g/mol. The smallest absolute Gasteiger partial charge is 0.161 e. The van der Waals surface area contributed by atoms with E-state index in [0.717, 1.165) is 0 Å². The van der Waals surface area contributed by atoms with Gasteiger partial charge >= 0.3 is 0 Å². The summed E-state index contributed by atoms with van der Waals surface area (Å²) in [4.78, 5) is 21.6. The summed E-state index contributed by atoms with van der Waals surface area (Å²) in [6, 6.07) is 3.17. The van der Waals surface area contributed by atoms with Crippen molar-refractivity contribution in [3.8, 4) is 0 Å². The van der Waals surface area contributed by atoms with Gasteiger partial charge in [-0.25, -0.2) is 0 Å². The van der Waals surface area contributed by atoms with E-state index in [9.17, 15) is 9.59 Å². The van der Waals surface area contributed by atoms with Crippen LogP contribution in [0.2, 0.25) is 5.02 Å². The standard InChI is InChI=1S/C9H6BrClO2/c1-5(13)8-3-7(10)2-6(4-12)9(8)11/h2-4H,1H3. The molecular formula is C9H6BrClO2. The highest BCUT2D eigenvalue weighted by molar-refractivity contribution is 9.10. The molecule has 0 saturated heterocycles. The molecule has 0 amide bonds. The van der Waals surface area contributed by atoms with Gasteiger partial charge in [-0.3, -0.25) is 9.59 Å². The maximum absolute atomic E-state index is 11.1. The molecule has 0 aliphatic heterocycles. The van der Waals surface area contributed by atoms with E-state index in [1.165, 1.54) is 6.92 Å². The molecule has 0 radical (unpaired) electrons. The van der Waals surface area contributed by atoms with E-state index < -0.39 is 0 Å². The van der Waals surface area contributed by atoms with E-state index in [1.54, 1.807) is 12.1 Å². The van der Waals surface area contributed by atoms with Crippen LogP contribution in [0.5, 0.6) is 0 Å². The van der Waals surface area contributed by atoms with Crippen LogP contribution in [0, 0.1) is 0 Å². The minimum atomic E-state index is -0.158. The Hall–Kier alpha value is -0.670. The van der Waals surface area contributed by atoms with Crippen molar-refractivity contribution in [2.24, 2.45) is 0 Å². The molecule has 4 heteroatoms. The summed E-state index contributed by atoms with van der Waals surface area (Å²) < 4.78 is 0.671. The lowest BCUT2D eigenvalue weighted by molar-refractivity contribution is 0.101. The molecule has 0 fully saturated rings. The topological polar surface area (TPSA) is 34.1 Å². The van der Waals surface area contributed by atoms with Gasteiger partial charge in [-0.15, -0.1) is 0 Å². The van der Waals surface area contributed by atoms with Crippen LogP contribution in [0.1, 0.15) is 27.6 Å². The molecule has 0 spiro atoms. The molecule has 0 bridgehead atoms. The minimum Gasteiger partial charge on any atom is -0.298 e. The first kappa shape index (κ1) is 10.4. The Balaban J connectivity index is 3.44. The molecule has 0 aliphatic rings. The van der Waals surface area contributed by atoms with Crippen LogP contribution >= 0.6 is 27.5 Å². The van der Waals surface area contributed by atoms with Gasteiger partial charge in [0.1, 0.15) is 0 Å². The fourth-order valence-electron chi connectivity index (χ4n) is 0.952. The second kappa shape index (κ2) is 4.03. The average molecular weight is 262 g/mol. The van der Waals surface area contributed by atoms with Gasteiger partial charge in [0.05, 0.1) is 5.02 Å². The van der Waals surface area contributed by atoms with Crippen molar-refractivity contribution in [3.05, 3.63) is 32.8 Å². The zero-order chi connectivity index (χ0) is 10.0. The van der Waals surface area contributed by atoms with Gasteiger partial charge < -0.3 is 0 Å². The van der Waals surface area contributed by atoms with E-state index in [0.29, 0.717) is 21.9 Å². The van der Waals surface area contributed by atoms with Crippen LogP contribution in [0.3, 0.4) is 0 Å². The third kappa shape index (κ3) is 2.17. The summed E-state index contributed by atoms with van der Waals surface area (Å²) in [6.07, 6.45) is 0.625. The first-order chi connectivity index (χ1) is 6.06. The molecule has 0 N–H and O–H groups in total. The van der Waals surface area contributed by atoms with Crippen LogP contribution in [-0.2, 0) is 0 Å². The first-order valence-electron chi connectivity index (χ1n) is 3.51. The molecule has 0 aliphatic carbocycles. The van der Waals surface area contributed by atoms with Crippen molar-refractivity contribution < 1.29 is 9.59 Å². The van der Waals surface area contributed by atoms with Crippen molar-refractivity contribution >= 4 is 39.6 Å². The van der Waals surface area contributed by atoms with Crippen molar-refractivity contribution in [2.45, 2.75) is 6.92 Å². The fourth-order valence-corrected chi connectivity index (χ4v) is 1.71. The summed E-state index contributed by atoms with van der Waals surface area (Å²) in [7, 11) is 0. The number of ketones is 1. The predicted octanol–water partition coefficient (Wildman–Crippen LogP) is 3.12. The monoisotopic (exact) mass is 260 g/mol. The zero-order valence-corrected chi connectivity index (χ0v) is 9.15.